The van der Waals surface area contributed by atoms with Crippen molar-refractivity contribution in [2.24, 2.45) is 0 Å². The summed E-state index contributed by atoms with van der Waals surface area (Å²) in [5, 5.41) is 13.0. The van der Waals surface area contributed by atoms with E-state index in [4.69, 9.17) is 22.1 Å². The molecule has 18 heavy (non-hydrogen) atoms. The van der Waals surface area contributed by atoms with Crippen LogP contribution in [0.3, 0.4) is 0 Å². The number of carbonyl (C=O) groups excluding carboxylic acids is 1. The first-order valence-corrected chi connectivity index (χ1v) is 6.01. The van der Waals surface area contributed by atoms with Crippen LogP contribution in [-0.4, -0.2) is 36.4 Å². The second-order valence-corrected chi connectivity index (χ2v) is 4.86. The van der Waals surface area contributed by atoms with E-state index < -0.39 is 5.60 Å². The van der Waals surface area contributed by atoms with Gasteiger partial charge in [0.25, 0.3) is 5.91 Å². The molecule has 1 aromatic carbocycles. The molecule has 1 aliphatic heterocycles. The normalized spacial score (nSPS) is 23.0. The number of nitrogens with one attached hydrogen (secondary N) is 1. The molecule has 1 saturated heterocycles. The van der Waals surface area contributed by atoms with E-state index in [1.165, 1.54) is 6.07 Å². The minimum atomic E-state index is -0.984. The molecule has 1 fully saturated rings. The summed E-state index contributed by atoms with van der Waals surface area (Å²) in [6.45, 7) is 0.875. The first-order valence-electron chi connectivity index (χ1n) is 5.63. The van der Waals surface area contributed by atoms with Gasteiger partial charge in [-0.2, -0.15) is 0 Å². The Bertz CT molecular complexity index is 459. The largest absolute Gasteiger partial charge is 0.399 e. The van der Waals surface area contributed by atoms with Crippen LogP contribution in [0.25, 0.3) is 0 Å². The lowest BCUT2D eigenvalue weighted by molar-refractivity contribution is 0.0264. The van der Waals surface area contributed by atoms with Gasteiger partial charge in [0, 0.05) is 25.3 Å². The lowest BCUT2D eigenvalue weighted by Gasteiger charge is -2.20. The molecule has 0 aliphatic carbocycles. The highest BCUT2D eigenvalue weighted by Gasteiger charge is 2.32. The summed E-state index contributed by atoms with van der Waals surface area (Å²) < 4.78 is 5.09. The van der Waals surface area contributed by atoms with Crippen LogP contribution in [0.1, 0.15) is 16.8 Å². The monoisotopic (exact) mass is 270 g/mol. The van der Waals surface area contributed by atoms with E-state index in [0.717, 1.165) is 0 Å². The van der Waals surface area contributed by atoms with Gasteiger partial charge in [-0.05, 0) is 18.2 Å². The summed E-state index contributed by atoms with van der Waals surface area (Å²) in [6, 6.07) is 4.70. The van der Waals surface area contributed by atoms with Crippen molar-refractivity contribution in [2.45, 2.75) is 12.0 Å². The summed E-state index contributed by atoms with van der Waals surface area (Å²) >= 11 is 5.92. The SMILES string of the molecule is Nc1ccc(Cl)c(C(=O)NCC2(O)CCOC2)c1. The van der Waals surface area contributed by atoms with Crippen molar-refractivity contribution < 1.29 is 14.6 Å². The molecule has 1 unspecified atom stereocenters. The number of anilines is 1. The zero-order valence-corrected chi connectivity index (χ0v) is 10.5. The highest BCUT2D eigenvalue weighted by molar-refractivity contribution is 6.34. The Morgan fingerprint density at radius 1 is 1.61 bits per heavy atom. The predicted octanol–water partition coefficient (Wildman–Crippen LogP) is 0.803. The zero-order chi connectivity index (χ0) is 13.2. The van der Waals surface area contributed by atoms with Crippen molar-refractivity contribution in [3.05, 3.63) is 28.8 Å². The number of ether oxygens (including phenoxy) is 1. The van der Waals surface area contributed by atoms with Gasteiger partial charge < -0.3 is 20.9 Å². The van der Waals surface area contributed by atoms with Crippen molar-refractivity contribution in [3.8, 4) is 0 Å². The quantitative estimate of drug-likeness (QED) is 0.710. The standard InChI is InChI=1S/C12H15ClN2O3/c13-10-2-1-8(14)5-9(10)11(16)15-6-12(17)3-4-18-7-12/h1-2,5,17H,3-4,6-7,14H2,(H,15,16). The fraction of sp³-hybridized carbons (Fsp3) is 0.417. The molecule has 98 valence electrons. The summed E-state index contributed by atoms with van der Waals surface area (Å²) in [4.78, 5) is 11.9. The van der Waals surface area contributed by atoms with Gasteiger partial charge in [-0.1, -0.05) is 11.6 Å². The Balaban J connectivity index is 2.01. The van der Waals surface area contributed by atoms with E-state index >= 15 is 0 Å². The van der Waals surface area contributed by atoms with E-state index in [0.29, 0.717) is 29.3 Å². The molecule has 0 aromatic heterocycles. The first-order chi connectivity index (χ1) is 8.50. The van der Waals surface area contributed by atoms with E-state index in [9.17, 15) is 9.90 Å². The van der Waals surface area contributed by atoms with Gasteiger partial charge in [0.05, 0.1) is 17.2 Å². The number of halogens is 1. The zero-order valence-electron chi connectivity index (χ0n) is 9.78. The second-order valence-electron chi connectivity index (χ2n) is 4.45. The second kappa shape index (κ2) is 5.14. The summed E-state index contributed by atoms with van der Waals surface area (Å²) in [5.41, 5.74) is 5.39. The number of amides is 1. The highest BCUT2D eigenvalue weighted by Crippen LogP contribution is 2.20. The fourth-order valence-electron chi connectivity index (χ4n) is 1.79. The summed E-state index contributed by atoms with van der Waals surface area (Å²) in [5.74, 6) is -0.354. The number of aliphatic hydroxyl groups is 1. The number of rotatable bonds is 3. The van der Waals surface area contributed by atoms with Gasteiger partial charge in [-0.15, -0.1) is 0 Å². The Hall–Kier alpha value is -1.30. The maximum Gasteiger partial charge on any atom is 0.252 e. The predicted molar refractivity (Wildman–Crippen MR) is 68.6 cm³/mol. The summed E-state index contributed by atoms with van der Waals surface area (Å²) in [6.07, 6.45) is 0.512. The minimum absolute atomic E-state index is 0.136. The van der Waals surface area contributed by atoms with Crippen LogP contribution in [0.4, 0.5) is 5.69 Å². The smallest absolute Gasteiger partial charge is 0.252 e. The molecule has 0 spiro atoms. The third kappa shape index (κ3) is 2.93. The van der Waals surface area contributed by atoms with Gasteiger partial charge in [0.2, 0.25) is 0 Å². The van der Waals surface area contributed by atoms with Crippen LogP contribution in [0, 0.1) is 0 Å². The van der Waals surface area contributed by atoms with E-state index in [2.05, 4.69) is 5.32 Å². The van der Waals surface area contributed by atoms with Crippen LogP contribution in [-0.2, 0) is 4.74 Å². The molecule has 2 rings (SSSR count). The van der Waals surface area contributed by atoms with Crippen molar-refractivity contribution in [1.82, 2.24) is 5.32 Å². The lowest BCUT2D eigenvalue weighted by Crippen LogP contribution is -2.43. The van der Waals surface area contributed by atoms with Crippen LogP contribution in [0.15, 0.2) is 18.2 Å². The average molecular weight is 271 g/mol. The van der Waals surface area contributed by atoms with Gasteiger partial charge in [0.1, 0.15) is 5.60 Å². The van der Waals surface area contributed by atoms with Crippen LogP contribution >= 0.6 is 11.6 Å². The molecule has 1 heterocycles. The molecule has 0 saturated carbocycles. The molecule has 1 aromatic rings. The molecule has 1 aliphatic rings. The third-order valence-corrected chi connectivity index (χ3v) is 3.23. The van der Waals surface area contributed by atoms with Crippen molar-refractivity contribution >= 4 is 23.2 Å². The number of hydrogen-bond donors (Lipinski definition) is 3. The molecule has 5 nitrogen and oxygen atoms in total. The van der Waals surface area contributed by atoms with E-state index in [-0.39, 0.29) is 19.1 Å². The Kier molecular flexibility index (Phi) is 3.75. The van der Waals surface area contributed by atoms with E-state index in [1.54, 1.807) is 12.1 Å². The van der Waals surface area contributed by atoms with E-state index in [1.807, 2.05) is 0 Å². The van der Waals surface area contributed by atoms with Gasteiger partial charge in [-0.25, -0.2) is 0 Å². The fourth-order valence-corrected chi connectivity index (χ4v) is 2.00. The number of carbonyl (C=O) groups is 1. The Morgan fingerprint density at radius 3 is 3.06 bits per heavy atom. The van der Waals surface area contributed by atoms with Crippen LogP contribution < -0.4 is 11.1 Å². The molecule has 4 N–H and O–H groups in total. The van der Waals surface area contributed by atoms with Gasteiger partial charge >= 0.3 is 0 Å². The Labute approximate surface area is 110 Å². The molecular formula is C12H15ClN2O3. The molecule has 0 radical (unpaired) electrons. The van der Waals surface area contributed by atoms with Gasteiger partial charge in [0.15, 0.2) is 0 Å². The van der Waals surface area contributed by atoms with Crippen molar-refractivity contribution in [2.75, 3.05) is 25.5 Å². The molecule has 6 heteroatoms. The highest BCUT2D eigenvalue weighted by atomic mass is 35.5. The maximum atomic E-state index is 11.9. The maximum absolute atomic E-state index is 11.9. The van der Waals surface area contributed by atoms with Crippen LogP contribution in [0.2, 0.25) is 5.02 Å². The number of benzene rings is 1. The molecule has 1 amide bonds. The van der Waals surface area contributed by atoms with Crippen LogP contribution in [0.5, 0.6) is 0 Å². The molecular weight excluding hydrogens is 256 g/mol. The summed E-state index contributed by atoms with van der Waals surface area (Å²) in [7, 11) is 0. The number of nitrogen functional groups attached to an aromatic ring is 1. The molecule has 1 atom stereocenters. The lowest BCUT2D eigenvalue weighted by atomic mass is 10.0. The third-order valence-electron chi connectivity index (χ3n) is 2.90. The van der Waals surface area contributed by atoms with Crippen molar-refractivity contribution in [3.63, 3.8) is 0 Å². The molecule has 0 bridgehead atoms. The van der Waals surface area contributed by atoms with Crippen molar-refractivity contribution in [1.29, 1.82) is 0 Å². The minimum Gasteiger partial charge on any atom is -0.399 e. The average Bonchev–Trinajstić information content (AvgIpc) is 2.77. The first kappa shape index (κ1) is 13.1. The number of hydrogen-bond acceptors (Lipinski definition) is 4. The number of nitrogens with two attached hydrogens (primary N) is 1. The Morgan fingerprint density at radius 2 is 2.39 bits per heavy atom. The topological polar surface area (TPSA) is 84.6 Å². The van der Waals surface area contributed by atoms with Gasteiger partial charge in [-0.3, -0.25) is 4.79 Å².